The van der Waals surface area contributed by atoms with Crippen LogP contribution in [0.3, 0.4) is 0 Å². The van der Waals surface area contributed by atoms with Crippen LogP contribution in [0.2, 0.25) is 0 Å². The molecule has 6 heteroatoms. The Kier molecular flexibility index (Phi) is 4.80. The van der Waals surface area contributed by atoms with Crippen molar-refractivity contribution in [3.63, 3.8) is 0 Å². The quantitative estimate of drug-likeness (QED) is 0.835. The van der Waals surface area contributed by atoms with Crippen molar-refractivity contribution in [2.45, 2.75) is 32.9 Å². The minimum Gasteiger partial charge on any atom is -0.408 e. The second kappa shape index (κ2) is 6.58. The summed E-state index contributed by atoms with van der Waals surface area (Å²) in [5, 5.41) is 12.0. The molecule has 0 bridgehead atoms. The first-order chi connectivity index (χ1) is 10.0. The van der Waals surface area contributed by atoms with Crippen LogP contribution in [0.15, 0.2) is 33.5 Å². The number of carbonyl (C=O) groups is 1. The molecule has 0 aliphatic rings. The molecule has 6 nitrogen and oxygen atoms in total. The number of nitrogens with zero attached hydrogens (tertiary/aromatic N) is 1. The molecule has 0 aliphatic carbocycles. The number of carbonyl (C=O) groups excluding carboxylic acids is 1. The SMILES string of the molecule is CC(C)CC(CO)NC(=O)Cn1c(=O)oc2ccccc21. The third-order valence-corrected chi connectivity index (χ3v) is 3.22. The molecule has 0 saturated carbocycles. The third kappa shape index (κ3) is 3.72. The number of rotatable bonds is 6. The van der Waals surface area contributed by atoms with Gasteiger partial charge in [0.05, 0.1) is 18.2 Å². The molecular weight excluding hydrogens is 272 g/mol. The van der Waals surface area contributed by atoms with E-state index in [1.165, 1.54) is 4.57 Å². The van der Waals surface area contributed by atoms with E-state index in [4.69, 9.17) is 4.42 Å². The van der Waals surface area contributed by atoms with Crippen molar-refractivity contribution in [3.8, 4) is 0 Å². The second-order valence-corrected chi connectivity index (χ2v) is 5.50. The Morgan fingerprint density at radius 1 is 1.38 bits per heavy atom. The van der Waals surface area contributed by atoms with Gasteiger partial charge in [-0.1, -0.05) is 26.0 Å². The highest BCUT2D eigenvalue weighted by Gasteiger charge is 2.16. The van der Waals surface area contributed by atoms with Gasteiger partial charge in [-0.15, -0.1) is 0 Å². The second-order valence-electron chi connectivity index (χ2n) is 5.50. The minimum absolute atomic E-state index is 0.120. The molecule has 1 amide bonds. The molecule has 0 aliphatic heterocycles. The summed E-state index contributed by atoms with van der Waals surface area (Å²) in [5.41, 5.74) is 1.04. The van der Waals surface area contributed by atoms with Crippen molar-refractivity contribution in [1.29, 1.82) is 0 Å². The highest BCUT2D eigenvalue weighted by atomic mass is 16.4. The van der Waals surface area contributed by atoms with Gasteiger partial charge in [-0.3, -0.25) is 9.36 Å². The number of oxazole rings is 1. The Morgan fingerprint density at radius 2 is 2.10 bits per heavy atom. The molecule has 2 aromatic rings. The zero-order valence-electron chi connectivity index (χ0n) is 12.2. The van der Waals surface area contributed by atoms with E-state index in [9.17, 15) is 14.7 Å². The number of aromatic nitrogens is 1. The van der Waals surface area contributed by atoms with Gasteiger partial charge in [-0.25, -0.2) is 4.79 Å². The molecule has 2 rings (SSSR count). The van der Waals surface area contributed by atoms with Crippen molar-refractivity contribution in [3.05, 3.63) is 34.8 Å². The number of hydrogen-bond acceptors (Lipinski definition) is 4. The van der Waals surface area contributed by atoms with Gasteiger partial charge in [0, 0.05) is 0 Å². The lowest BCUT2D eigenvalue weighted by atomic mass is 10.0. The van der Waals surface area contributed by atoms with Gasteiger partial charge in [0.2, 0.25) is 5.91 Å². The van der Waals surface area contributed by atoms with Crippen LogP contribution in [0, 0.1) is 5.92 Å². The van der Waals surface area contributed by atoms with E-state index in [-0.39, 0.29) is 25.1 Å². The summed E-state index contributed by atoms with van der Waals surface area (Å²) in [6.45, 7) is 3.79. The number of amides is 1. The molecule has 0 fully saturated rings. The average molecular weight is 292 g/mol. The van der Waals surface area contributed by atoms with Crippen LogP contribution in [-0.2, 0) is 11.3 Å². The Hall–Kier alpha value is -2.08. The molecule has 21 heavy (non-hydrogen) atoms. The largest absolute Gasteiger partial charge is 0.420 e. The summed E-state index contributed by atoms with van der Waals surface area (Å²) in [6, 6.07) is 6.65. The molecule has 0 saturated heterocycles. The molecule has 1 aromatic carbocycles. The van der Waals surface area contributed by atoms with E-state index in [2.05, 4.69) is 5.32 Å². The van der Waals surface area contributed by atoms with Gasteiger partial charge in [-0.05, 0) is 24.5 Å². The number of hydrogen-bond donors (Lipinski definition) is 2. The normalized spacial score (nSPS) is 12.8. The Bertz CT molecular complexity index is 672. The summed E-state index contributed by atoms with van der Waals surface area (Å²) in [4.78, 5) is 23.8. The van der Waals surface area contributed by atoms with E-state index in [0.29, 0.717) is 23.4 Å². The number of para-hydroxylation sites is 2. The lowest BCUT2D eigenvalue weighted by molar-refractivity contribution is -0.122. The summed E-state index contributed by atoms with van der Waals surface area (Å²) in [7, 11) is 0. The smallest absolute Gasteiger partial charge is 0.408 e. The van der Waals surface area contributed by atoms with E-state index in [0.717, 1.165) is 0 Å². The standard InChI is InChI=1S/C15H20N2O4/c1-10(2)7-11(9-18)16-14(19)8-17-12-5-3-4-6-13(12)21-15(17)20/h3-6,10-11,18H,7-9H2,1-2H3,(H,16,19). The summed E-state index contributed by atoms with van der Waals surface area (Å²) in [6.07, 6.45) is 0.684. The Morgan fingerprint density at radius 3 is 2.76 bits per heavy atom. The van der Waals surface area contributed by atoms with Crippen LogP contribution in [0.5, 0.6) is 0 Å². The van der Waals surface area contributed by atoms with Gasteiger partial charge in [0.15, 0.2) is 5.58 Å². The van der Waals surface area contributed by atoms with E-state index < -0.39 is 5.76 Å². The maximum atomic E-state index is 12.0. The summed E-state index contributed by atoms with van der Waals surface area (Å²) < 4.78 is 6.36. The van der Waals surface area contributed by atoms with Crippen molar-refractivity contribution in [1.82, 2.24) is 9.88 Å². The van der Waals surface area contributed by atoms with Crippen LogP contribution < -0.4 is 11.1 Å². The molecule has 1 heterocycles. The van der Waals surface area contributed by atoms with Crippen LogP contribution in [-0.4, -0.2) is 28.2 Å². The first-order valence-electron chi connectivity index (χ1n) is 7.00. The van der Waals surface area contributed by atoms with Gasteiger partial charge in [0.25, 0.3) is 0 Å². The number of aliphatic hydroxyl groups excluding tert-OH is 1. The number of fused-ring (bicyclic) bond motifs is 1. The average Bonchev–Trinajstić information content (AvgIpc) is 2.74. The predicted octanol–water partition coefficient (Wildman–Crippen LogP) is 1.12. The zero-order chi connectivity index (χ0) is 15.4. The van der Waals surface area contributed by atoms with Gasteiger partial charge >= 0.3 is 5.76 Å². The third-order valence-electron chi connectivity index (χ3n) is 3.22. The fourth-order valence-electron chi connectivity index (χ4n) is 2.33. The molecule has 1 unspecified atom stereocenters. The summed E-state index contributed by atoms with van der Waals surface area (Å²) >= 11 is 0. The maximum Gasteiger partial charge on any atom is 0.420 e. The van der Waals surface area contributed by atoms with Crippen molar-refractivity contribution in [2.75, 3.05) is 6.61 Å². The topological polar surface area (TPSA) is 84.5 Å². The first kappa shape index (κ1) is 15.3. The molecule has 0 radical (unpaired) electrons. The Balaban J connectivity index is 2.11. The first-order valence-corrected chi connectivity index (χ1v) is 7.00. The molecule has 1 aromatic heterocycles. The van der Waals surface area contributed by atoms with Gasteiger partial charge in [-0.2, -0.15) is 0 Å². The van der Waals surface area contributed by atoms with Crippen molar-refractivity contribution < 1.29 is 14.3 Å². The predicted molar refractivity (Wildman–Crippen MR) is 78.9 cm³/mol. The highest BCUT2D eigenvalue weighted by Crippen LogP contribution is 2.11. The fourth-order valence-corrected chi connectivity index (χ4v) is 2.33. The highest BCUT2D eigenvalue weighted by molar-refractivity contribution is 5.79. The van der Waals surface area contributed by atoms with Crippen LogP contribution >= 0.6 is 0 Å². The van der Waals surface area contributed by atoms with E-state index >= 15 is 0 Å². The minimum atomic E-state index is -0.559. The van der Waals surface area contributed by atoms with Crippen LogP contribution in [0.1, 0.15) is 20.3 Å². The Labute approximate surface area is 122 Å². The van der Waals surface area contributed by atoms with Crippen LogP contribution in [0.25, 0.3) is 11.1 Å². The summed E-state index contributed by atoms with van der Waals surface area (Å²) in [5.74, 6) is -0.515. The molecule has 114 valence electrons. The maximum absolute atomic E-state index is 12.0. The zero-order valence-corrected chi connectivity index (χ0v) is 12.2. The van der Waals surface area contributed by atoms with E-state index in [1.54, 1.807) is 24.3 Å². The molecule has 1 atom stereocenters. The lowest BCUT2D eigenvalue weighted by Crippen LogP contribution is -2.41. The number of nitrogens with one attached hydrogen (secondary N) is 1. The molecule has 2 N–H and O–H groups in total. The monoisotopic (exact) mass is 292 g/mol. The van der Waals surface area contributed by atoms with Crippen LogP contribution in [0.4, 0.5) is 0 Å². The number of benzene rings is 1. The number of aliphatic hydroxyl groups is 1. The van der Waals surface area contributed by atoms with E-state index in [1.807, 2.05) is 13.8 Å². The molecular formula is C15H20N2O4. The lowest BCUT2D eigenvalue weighted by Gasteiger charge is -2.18. The van der Waals surface area contributed by atoms with Gasteiger partial charge < -0.3 is 14.8 Å². The fraction of sp³-hybridized carbons (Fsp3) is 0.467. The molecule has 0 spiro atoms. The van der Waals surface area contributed by atoms with Crippen molar-refractivity contribution >= 4 is 17.0 Å². The van der Waals surface area contributed by atoms with Crippen molar-refractivity contribution in [2.24, 2.45) is 5.92 Å². The van der Waals surface area contributed by atoms with Gasteiger partial charge in [0.1, 0.15) is 6.54 Å².